The zero-order valence-electron chi connectivity index (χ0n) is 11.9. The SMILES string of the molecule is CCOCCNC(=NC)NCCC(=O)NC(C)C. The molecular weight excluding hydrogens is 232 g/mol. The maximum Gasteiger partial charge on any atom is 0.221 e. The van der Waals surface area contributed by atoms with Gasteiger partial charge in [0.25, 0.3) is 0 Å². The number of guanidine groups is 1. The van der Waals surface area contributed by atoms with Gasteiger partial charge in [-0.05, 0) is 20.8 Å². The number of amides is 1. The number of hydrogen-bond donors (Lipinski definition) is 3. The minimum absolute atomic E-state index is 0.0438. The molecule has 0 rings (SSSR count). The second-order valence-electron chi connectivity index (χ2n) is 4.09. The molecule has 0 saturated carbocycles. The van der Waals surface area contributed by atoms with Crippen molar-refractivity contribution < 1.29 is 9.53 Å². The van der Waals surface area contributed by atoms with Crippen molar-refractivity contribution in [1.29, 1.82) is 0 Å². The summed E-state index contributed by atoms with van der Waals surface area (Å²) in [5, 5.41) is 9.01. The molecule has 0 spiro atoms. The molecule has 0 fully saturated rings. The average Bonchev–Trinajstić information content (AvgIpc) is 2.31. The van der Waals surface area contributed by atoms with Crippen molar-refractivity contribution in [2.75, 3.05) is 33.4 Å². The minimum atomic E-state index is 0.0438. The molecule has 0 radical (unpaired) electrons. The zero-order chi connectivity index (χ0) is 13.8. The maximum absolute atomic E-state index is 11.4. The van der Waals surface area contributed by atoms with Crippen LogP contribution in [0.2, 0.25) is 0 Å². The van der Waals surface area contributed by atoms with E-state index >= 15 is 0 Å². The fraction of sp³-hybridized carbons (Fsp3) is 0.833. The number of aliphatic imine (C=N–C) groups is 1. The van der Waals surface area contributed by atoms with Crippen molar-refractivity contribution >= 4 is 11.9 Å². The van der Waals surface area contributed by atoms with E-state index in [9.17, 15) is 4.79 Å². The first-order valence-corrected chi connectivity index (χ1v) is 6.41. The van der Waals surface area contributed by atoms with Crippen molar-refractivity contribution in [3.63, 3.8) is 0 Å². The average molecular weight is 258 g/mol. The number of ether oxygens (including phenoxy) is 1. The van der Waals surface area contributed by atoms with Crippen LogP contribution in [0.5, 0.6) is 0 Å². The molecule has 0 bridgehead atoms. The number of nitrogens with one attached hydrogen (secondary N) is 3. The molecule has 106 valence electrons. The first-order valence-electron chi connectivity index (χ1n) is 6.41. The molecule has 6 heteroatoms. The second-order valence-corrected chi connectivity index (χ2v) is 4.09. The molecule has 18 heavy (non-hydrogen) atoms. The number of carbonyl (C=O) groups is 1. The molecule has 0 aromatic heterocycles. The van der Waals surface area contributed by atoms with Gasteiger partial charge in [0.05, 0.1) is 6.61 Å². The lowest BCUT2D eigenvalue weighted by Crippen LogP contribution is -2.41. The highest BCUT2D eigenvalue weighted by atomic mass is 16.5. The zero-order valence-corrected chi connectivity index (χ0v) is 11.9. The van der Waals surface area contributed by atoms with Gasteiger partial charge in [-0.15, -0.1) is 0 Å². The molecule has 0 saturated heterocycles. The Morgan fingerprint density at radius 2 is 1.94 bits per heavy atom. The molecule has 0 aliphatic rings. The van der Waals surface area contributed by atoms with Gasteiger partial charge in [-0.1, -0.05) is 0 Å². The second kappa shape index (κ2) is 10.8. The lowest BCUT2D eigenvalue weighted by atomic mass is 10.3. The summed E-state index contributed by atoms with van der Waals surface area (Å²) in [5.41, 5.74) is 0. The number of rotatable bonds is 8. The van der Waals surface area contributed by atoms with Crippen LogP contribution in [0.15, 0.2) is 4.99 Å². The highest BCUT2D eigenvalue weighted by molar-refractivity contribution is 5.81. The Morgan fingerprint density at radius 1 is 1.28 bits per heavy atom. The maximum atomic E-state index is 11.4. The van der Waals surface area contributed by atoms with Crippen LogP contribution in [0, 0.1) is 0 Å². The van der Waals surface area contributed by atoms with E-state index in [0.717, 1.165) is 0 Å². The summed E-state index contributed by atoms with van der Waals surface area (Å²) < 4.78 is 5.21. The Balaban J connectivity index is 3.65. The lowest BCUT2D eigenvalue weighted by molar-refractivity contribution is -0.121. The number of nitrogens with zero attached hydrogens (tertiary/aromatic N) is 1. The third-order valence-corrected chi connectivity index (χ3v) is 2.06. The summed E-state index contributed by atoms with van der Waals surface area (Å²) in [6, 6.07) is 0.182. The molecule has 0 aromatic rings. The Kier molecular flexibility index (Phi) is 10.0. The Labute approximate surface area is 110 Å². The summed E-state index contributed by atoms with van der Waals surface area (Å²) in [6.45, 7) is 8.46. The predicted molar refractivity (Wildman–Crippen MR) is 73.8 cm³/mol. The highest BCUT2D eigenvalue weighted by Crippen LogP contribution is 1.82. The molecule has 6 nitrogen and oxygen atoms in total. The third-order valence-electron chi connectivity index (χ3n) is 2.06. The molecule has 0 heterocycles. The van der Waals surface area contributed by atoms with Crippen molar-refractivity contribution in [3.8, 4) is 0 Å². The van der Waals surface area contributed by atoms with Gasteiger partial charge in [0.15, 0.2) is 5.96 Å². The quantitative estimate of drug-likeness (QED) is 0.328. The van der Waals surface area contributed by atoms with E-state index in [0.29, 0.717) is 38.7 Å². The largest absolute Gasteiger partial charge is 0.380 e. The van der Waals surface area contributed by atoms with Crippen LogP contribution in [-0.4, -0.2) is 51.3 Å². The first kappa shape index (κ1) is 16.7. The Morgan fingerprint density at radius 3 is 2.50 bits per heavy atom. The van der Waals surface area contributed by atoms with Gasteiger partial charge in [-0.2, -0.15) is 0 Å². The van der Waals surface area contributed by atoms with E-state index in [1.54, 1.807) is 7.05 Å². The van der Waals surface area contributed by atoms with Crippen molar-refractivity contribution in [2.24, 2.45) is 4.99 Å². The van der Waals surface area contributed by atoms with Crippen LogP contribution in [0.1, 0.15) is 27.2 Å². The van der Waals surface area contributed by atoms with Gasteiger partial charge in [0.1, 0.15) is 0 Å². The van der Waals surface area contributed by atoms with Gasteiger partial charge in [-0.3, -0.25) is 9.79 Å². The first-order chi connectivity index (χ1) is 8.60. The van der Waals surface area contributed by atoms with E-state index in [1.165, 1.54) is 0 Å². The van der Waals surface area contributed by atoms with Crippen LogP contribution in [0.3, 0.4) is 0 Å². The van der Waals surface area contributed by atoms with Gasteiger partial charge in [0, 0.05) is 39.2 Å². The summed E-state index contributed by atoms with van der Waals surface area (Å²) in [5.74, 6) is 0.731. The summed E-state index contributed by atoms with van der Waals surface area (Å²) in [6.07, 6.45) is 0.435. The Bertz CT molecular complexity index is 254. The minimum Gasteiger partial charge on any atom is -0.380 e. The molecule has 0 unspecified atom stereocenters. The third kappa shape index (κ3) is 9.89. The fourth-order valence-electron chi connectivity index (χ4n) is 1.30. The smallest absolute Gasteiger partial charge is 0.221 e. The topological polar surface area (TPSA) is 74.8 Å². The molecule has 0 atom stereocenters. The van der Waals surface area contributed by atoms with Gasteiger partial charge >= 0.3 is 0 Å². The predicted octanol–water partition coefficient (Wildman–Crippen LogP) is 0.103. The fourth-order valence-corrected chi connectivity index (χ4v) is 1.30. The molecular formula is C12H26N4O2. The van der Waals surface area contributed by atoms with Gasteiger partial charge in [0.2, 0.25) is 5.91 Å². The Hall–Kier alpha value is -1.30. The molecule has 0 aliphatic heterocycles. The van der Waals surface area contributed by atoms with Gasteiger partial charge in [-0.25, -0.2) is 0 Å². The van der Waals surface area contributed by atoms with E-state index in [-0.39, 0.29) is 11.9 Å². The van der Waals surface area contributed by atoms with Crippen molar-refractivity contribution in [2.45, 2.75) is 33.2 Å². The van der Waals surface area contributed by atoms with Crippen LogP contribution >= 0.6 is 0 Å². The standard InChI is InChI=1S/C12H26N4O2/c1-5-18-9-8-15-12(13-4)14-7-6-11(17)16-10(2)3/h10H,5-9H2,1-4H3,(H,16,17)(H2,13,14,15). The van der Waals surface area contributed by atoms with E-state index in [4.69, 9.17) is 4.74 Å². The van der Waals surface area contributed by atoms with Crippen LogP contribution in [0.25, 0.3) is 0 Å². The van der Waals surface area contributed by atoms with Crippen LogP contribution < -0.4 is 16.0 Å². The highest BCUT2D eigenvalue weighted by Gasteiger charge is 2.03. The van der Waals surface area contributed by atoms with Gasteiger partial charge < -0.3 is 20.7 Å². The molecule has 3 N–H and O–H groups in total. The van der Waals surface area contributed by atoms with Crippen LogP contribution in [0.4, 0.5) is 0 Å². The molecule has 0 aliphatic carbocycles. The number of hydrogen-bond acceptors (Lipinski definition) is 3. The summed E-state index contributed by atoms with van der Waals surface area (Å²) >= 11 is 0. The normalized spacial score (nSPS) is 11.5. The van der Waals surface area contributed by atoms with E-state index in [2.05, 4.69) is 20.9 Å². The van der Waals surface area contributed by atoms with Crippen molar-refractivity contribution in [3.05, 3.63) is 0 Å². The van der Waals surface area contributed by atoms with E-state index in [1.807, 2.05) is 20.8 Å². The molecule has 0 aromatic carbocycles. The monoisotopic (exact) mass is 258 g/mol. The number of carbonyl (C=O) groups excluding carboxylic acids is 1. The van der Waals surface area contributed by atoms with E-state index < -0.39 is 0 Å². The van der Waals surface area contributed by atoms with Crippen LogP contribution in [-0.2, 0) is 9.53 Å². The summed E-state index contributed by atoms with van der Waals surface area (Å²) in [4.78, 5) is 15.4. The van der Waals surface area contributed by atoms with Crippen molar-refractivity contribution in [1.82, 2.24) is 16.0 Å². The molecule has 1 amide bonds. The summed E-state index contributed by atoms with van der Waals surface area (Å²) in [7, 11) is 1.70. The lowest BCUT2D eigenvalue weighted by Gasteiger charge is -2.12.